The average Bonchev–Trinajstić information content (AvgIpc) is 3.04. The topological polar surface area (TPSA) is 63.2 Å². The second-order valence-corrected chi connectivity index (χ2v) is 7.05. The number of ether oxygens (including phenoxy) is 1. The highest BCUT2D eigenvalue weighted by molar-refractivity contribution is 5.41. The van der Waals surface area contributed by atoms with Gasteiger partial charge >= 0.3 is 0 Å². The summed E-state index contributed by atoms with van der Waals surface area (Å²) in [5.74, 6) is 0.823. The first-order chi connectivity index (χ1) is 12.3. The van der Waals surface area contributed by atoms with Gasteiger partial charge in [0, 0.05) is 44.3 Å². The lowest BCUT2D eigenvalue weighted by Crippen LogP contribution is -2.48. The van der Waals surface area contributed by atoms with Crippen LogP contribution in [0.2, 0.25) is 0 Å². The monoisotopic (exact) mass is 339 g/mol. The van der Waals surface area contributed by atoms with E-state index in [2.05, 4.69) is 32.1 Å². The minimum atomic E-state index is -0.0923. The summed E-state index contributed by atoms with van der Waals surface area (Å²) >= 11 is 0. The molecule has 2 aliphatic rings. The lowest BCUT2D eigenvalue weighted by atomic mass is 9.89. The summed E-state index contributed by atoms with van der Waals surface area (Å²) < 4.78 is 6.28. The number of piperidine rings is 1. The lowest BCUT2D eigenvalue weighted by molar-refractivity contribution is -0.00668. The van der Waals surface area contributed by atoms with Crippen molar-refractivity contribution in [2.24, 2.45) is 0 Å². The van der Waals surface area contributed by atoms with Crippen molar-refractivity contribution in [1.82, 2.24) is 15.0 Å². The van der Waals surface area contributed by atoms with Crippen molar-refractivity contribution in [2.75, 3.05) is 29.9 Å². The molecule has 0 radical (unpaired) electrons. The molecule has 0 saturated carbocycles. The van der Waals surface area contributed by atoms with Crippen LogP contribution >= 0.6 is 0 Å². The molecule has 0 aromatic carbocycles. The Morgan fingerprint density at radius 1 is 1.32 bits per heavy atom. The number of rotatable bonds is 4. The Hall–Kier alpha value is -2.21. The van der Waals surface area contributed by atoms with E-state index < -0.39 is 0 Å². The first-order valence-corrected chi connectivity index (χ1v) is 9.13. The minimum Gasteiger partial charge on any atom is -0.379 e. The molecule has 2 aliphatic heterocycles. The molecular formula is C19H25N5O. The molecule has 2 saturated heterocycles. The van der Waals surface area contributed by atoms with Gasteiger partial charge in [-0.05, 0) is 37.0 Å². The smallest absolute Gasteiger partial charge is 0.225 e. The predicted molar refractivity (Wildman–Crippen MR) is 97.8 cm³/mol. The standard InChI is InChI=1S/C19H25N5O/c1-2-15-10-21-18(22-11-15)24-8-4-6-19(14-24)9-17(13-25-19)23-16-5-3-7-20-12-16/h3,5,7,10-12,17,23H,2,4,6,8-9,13-14H2,1H3/t17-,19+/m0/s1. The summed E-state index contributed by atoms with van der Waals surface area (Å²) in [6, 6.07) is 4.33. The highest BCUT2D eigenvalue weighted by atomic mass is 16.5. The first kappa shape index (κ1) is 16.3. The Bertz CT molecular complexity index is 693. The second kappa shape index (κ2) is 6.96. The largest absolute Gasteiger partial charge is 0.379 e. The van der Waals surface area contributed by atoms with E-state index in [-0.39, 0.29) is 5.60 Å². The molecule has 25 heavy (non-hydrogen) atoms. The fraction of sp³-hybridized carbons (Fsp3) is 0.526. The van der Waals surface area contributed by atoms with E-state index in [0.717, 1.165) is 57.0 Å². The number of hydrogen-bond acceptors (Lipinski definition) is 6. The maximum Gasteiger partial charge on any atom is 0.225 e. The SMILES string of the molecule is CCc1cnc(N2CCC[C@@]3(C[C@H](Nc4cccnc4)CO3)C2)nc1. The molecule has 0 aliphatic carbocycles. The Kier molecular flexibility index (Phi) is 4.53. The van der Waals surface area contributed by atoms with Crippen molar-refractivity contribution in [1.29, 1.82) is 0 Å². The van der Waals surface area contributed by atoms with Crippen molar-refractivity contribution < 1.29 is 4.74 Å². The van der Waals surface area contributed by atoms with Gasteiger partial charge in [0.2, 0.25) is 5.95 Å². The van der Waals surface area contributed by atoms with Crippen LogP contribution in [-0.2, 0) is 11.2 Å². The van der Waals surface area contributed by atoms with Gasteiger partial charge in [-0.2, -0.15) is 0 Å². The fourth-order valence-electron chi connectivity index (χ4n) is 3.87. The van der Waals surface area contributed by atoms with E-state index in [9.17, 15) is 0 Å². The van der Waals surface area contributed by atoms with Crippen LogP contribution in [0.4, 0.5) is 11.6 Å². The van der Waals surface area contributed by atoms with Gasteiger partial charge < -0.3 is 15.0 Å². The van der Waals surface area contributed by atoms with Gasteiger partial charge in [-0.25, -0.2) is 9.97 Å². The van der Waals surface area contributed by atoms with Crippen LogP contribution < -0.4 is 10.2 Å². The highest BCUT2D eigenvalue weighted by Crippen LogP contribution is 2.36. The van der Waals surface area contributed by atoms with Gasteiger partial charge in [0.1, 0.15) is 0 Å². The van der Waals surface area contributed by atoms with Crippen molar-refractivity contribution in [3.63, 3.8) is 0 Å². The number of nitrogens with zero attached hydrogens (tertiary/aromatic N) is 4. The second-order valence-electron chi connectivity index (χ2n) is 7.05. The van der Waals surface area contributed by atoms with Crippen LogP contribution in [0.15, 0.2) is 36.9 Å². The molecule has 1 spiro atoms. The Balaban J connectivity index is 1.42. The normalized spacial score (nSPS) is 26.1. The summed E-state index contributed by atoms with van der Waals surface area (Å²) in [6.45, 7) is 4.72. The van der Waals surface area contributed by atoms with Crippen molar-refractivity contribution in [3.8, 4) is 0 Å². The van der Waals surface area contributed by atoms with E-state index >= 15 is 0 Å². The maximum atomic E-state index is 6.28. The Morgan fingerprint density at radius 2 is 2.20 bits per heavy atom. The van der Waals surface area contributed by atoms with Crippen LogP contribution in [0.25, 0.3) is 0 Å². The molecule has 0 bridgehead atoms. The summed E-state index contributed by atoms with van der Waals surface area (Å²) in [5, 5.41) is 3.54. The molecule has 2 aromatic heterocycles. The molecule has 6 nitrogen and oxygen atoms in total. The molecule has 4 heterocycles. The number of aromatic nitrogens is 3. The number of anilines is 2. The van der Waals surface area contributed by atoms with Gasteiger partial charge in [-0.3, -0.25) is 4.98 Å². The molecule has 2 aromatic rings. The van der Waals surface area contributed by atoms with E-state index in [4.69, 9.17) is 4.74 Å². The van der Waals surface area contributed by atoms with Gasteiger partial charge in [0.25, 0.3) is 0 Å². The van der Waals surface area contributed by atoms with Gasteiger partial charge in [0.15, 0.2) is 0 Å². The summed E-state index contributed by atoms with van der Waals surface area (Å²) in [5.41, 5.74) is 2.14. The van der Waals surface area contributed by atoms with Crippen molar-refractivity contribution in [3.05, 3.63) is 42.5 Å². The van der Waals surface area contributed by atoms with Gasteiger partial charge in [-0.1, -0.05) is 6.92 Å². The average molecular weight is 339 g/mol. The molecule has 1 N–H and O–H groups in total. The van der Waals surface area contributed by atoms with Crippen LogP contribution in [-0.4, -0.2) is 46.3 Å². The van der Waals surface area contributed by atoms with Crippen molar-refractivity contribution >= 4 is 11.6 Å². The summed E-state index contributed by atoms with van der Waals surface area (Å²) in [4.78, 5) is 15.5. The predicted octanol–water partition coefficient (Wildman–Crippen LogP) is 2.67. The van der Waals surface area contributed by atoms with E-state index in [1.807, 2.05) is 30.7 Å². The van der Waals surface area contributed by atoms with Gasteiger partial charge in [-0.15, -0.1) is 0 Å². The first-order valence-electron chi connectivity index (χ1n) is 9.13. The number of hydrogen-bond donors (Lipinski definition) is 1. The van der Waals surface area contributed by atoms with Crippen LogP contribution in [0.5, 0.6) is 0 Å². The zero-order valence-corrected chi connectivity index (χ0v) is 14.7. The molecule has 4 rings (SSSR count). The quantitative estimate of drug-likeness (QED) is 0.924. The van der Waals surface area contributed by atoms with E-state index in [1.165, 1.54) is 5.56 Å². The number of pyridine rings is 1. The fourth-order valence-corrected chi connectivity index (χ4v) is 3.87. The van der Waals surface area contributed by atoms with Gasteiger partial charge in [0.05, 0.1) is 23.9 Å². The molecule has 6 heteroatoms. The van der Waals surface area contributed by atoms with E-state index in [0.29, 0.717) is 6.04 Å². The molecule has 0 unspecified atom stereocenters. The maximum absolute atomic E-state index is 6.28. The molecule has 2 fully saturated rings. The molecule has 0 amide bonds. The molecule has 132 valence electrons. The molecule has 2 atom stereocenters. The Morgan fingerprint density at radius 3 is 2.96 bits per heavy atom. The highest BCUT2D eigenvalue weighted by Gasteiger charge is 2.44. The lowest BCUT2D eigenvalue weighted by Gasteiger charge is -2.39. The zero-order chi connectivity index (χ0) is 17.1. The van der Waals surface area contributed by atoms with E-state index in [1.54, 1.807) is 6.20 Å². The zero-order valence-electron chi connectivity index (χ0n) is 14.7. The third kappa shape index (κ3) is 3.58. The van der Waals surface area contributed by atoms with Crippen molar-refractivity contribution in [2.45, 2.75) is 44.2 Å². The minimum absolute atomic E-state index is 0.0923. The van der Waals surface area contributed by atoms with Crippen LogP contribution in [0, 0.1) is 0 Å². The third-order valence-corrected chi connectivity index (χ3v) is 5.16. The van der Waals surface area contributed by atoms with Crippen LogP contribution in [0.1, 0.15) is 31.7 Å². The van der Waals surface area contributed by atoms with Crippen LogP contribution in [0.3, 0.4) is 0 Å². The number of aryl methyl sites for hydroxylation is 1. The Labute approximate surface area is 148 Å². The number of nitrogens with one attached hydrogen (secondary N) is 1. The summed E-state index contributed by atoms with van der Waals surface area (Å²) in [7, 11) is 0. The molecular weight excluding hydrogens is 314 g/mol. The third-order valence-electron chi connectivity index (χ3n) is 5.16. The summed E-state index contributed by atoms with van der Waals surface area (Å²) in [6.07, 6.45) is 11.7.